The molecule has 0 radical (unpaired) electrons. The maximum Gasteiger partial charge on any atom is 0.147 e. The molecule has 24 heavy (non-hydrogen) atoms. The normalized spacial score (nSPS) is 29.0. The Balaban J connectivity index is 1.41. The van der Waals surface area contributed by atoms with E-state index in [9.17, 15) is 0 Å². The lowest BCUT2D eigenvalue weighted by molar-refractivity contribution is -0.0578. The molecule has 6 nitrogen and oxygen atoms in total. The Morgan fingerprint density at radius 3 is 2.83 bits per heavy atom. The fourth-order valence-corrected chi connectivity index (χ4v) is 3.88. The second kappa shape index (κ2) is 8.41. The van der Waals surface area contributed by atoms with Crippen LogP contribution in [-0.2, 0) is 16.0 Å². The fraction of sp³-hybridized carbons (Fsp3) is 0.889. The Hall–Kier alpha value is -0.980. The number of morpholine rings is 1. The van der Waals surface area contributed by atoms with Crippen LogP contribution in [0.15, 0.2) is 0 Å². The summed E-state index contributed by atoms with van der Waals surface area (Å²) in [6.07, 6.45) is 5.90. The lowest BCUT2D eigenvalue weighted by Crippen LogP contribution is -2.46. The number of rotatable bonds is 6. The molecule has 1 aliphatic heterocycles. The lowest BCUT2D eigenvalue weighted by Gasteiger charge is -2.34. The zero-order valence-electron chi connectivity index (χ0n) is 15.4. The van der Waals surface area contributed by atoms with E-state index in [-0.39, 0.29) is 6.10 Å². The third-order valence-corrected chi connectivity index (χ3v) is 5.33. The largest absolute Gasteiger partial charge is 0.377 e. The van der Waals surface area contributed by atoms with Gasteiger partial charge >= 0.3 is 0 Å². The number of hydrogen-bond acceptors (Lipinski definition) is 5. The van der Waals surface area contributed by atoms with Crippen molar-refractivity contribution in [1.82, 2.24) is 19.7 Å². The molecule has 1 saturated heterocycles. The van der Waals surface area contributed by atoms with Gasteiger partial charge in [0.1, 0.15) is 11.6 Å². The Morgan fingerprint density at radius 2 is 2.08 bits per heavy atom. The van der Waals surface area contributed by atoms with Gasteiger partial charge in [-0.15, -0.1) is 0 Å². The maximum atomic E-state index is 6.16. The van der Waals surface area contributed by atoms with Gasteiger partial charge in [0.05, 0.1) is 32.0 Å². The summed E-state index contributed by atoms with van der Waals surface area (Å²) < 4.78 is 14.0. The van der Waals surface area contributed by atoms with E-state index in [2.05, 4.69) is 21.9 Å². The molecule has 0 aromatic carbocycles. The second-order valence-corrected chi connectivity index (χ2v) is 7.35. The smallest absolute Gasteiger partial charge is 0.147 e. The molecule has 3 rings (SSSR count). The van der Waals surface area contributed by atoms with Crippen molar-refractivity contribution in [2.24, 2.45) is 5.92 Å². The van der Waals surface area contributed by atoms with E-state index in [0.717, 1.165) is 57.0 Å². The van der Waals surface area contributed by atoms with Crippen LogP contribution in [0.1, 0.15) is 44.3 Å². The molecule has 3 atom stereocenters. The van der Waals surface area contributed by atoms with Crippen molar-refractivity contribution in [3.05, 3.63) is 11.6 Å². The average molecular weight is 336 g/mol. The Labute approximate surface area is 145 Å². The molecule has 0 N–H and O–H groups in total. The summed E-state index contributed by atoms with van der Waals surface area (Å²) in [6.45, 7) is 11.6. The van der Waals surface area contributed by atoms with Gasteiger partial charge in [0, 0.05) is 19.6 Å². The van der Waals surface area contributed by atoms with Gasteiger partial charge < -0.3 is 9.47 Å². The molecule has 6 heteroatoms. The molecule has 1 saturated carbocycles. The molecule has 1 aromatic heterocycles. The monoisotopic (exact) mass is 336 g/mol. The van der Waals surface area contributed by atoms with E-state index in [1.165, 1.54) is 25.7 Å². The first kappa shape index (κ1) is 17.8. The summed E-state index contributed by atoms with van der Waals surface area (Å²) in [5.41, 5.74) is 0. The molecule has 0 bridgehead atoms. The summed E-state index contributed by atoms with van der Waals surface area (Å²) in [6, 6.07) is 0. The molecule has 0 spiro atoms. The summed E-state index contributed by atoms with van der Waals surface area (Å²) >= 11 is 0. The van der Waals surface area contributed by atoms with E-state index in [4.69, 9.17) is 9.47 Å². The lowest BCUT2D eigenvalue weighted by atomic mass is 9.88. The molecule has 2 heterocycles. The van der Waals surface area contributed by atoms with Gasteiger partial charge in [-0.1, -0.05) is 19.8 Å². The highest BCUT2D eigenvalue weighted by molar-refractivity contribution is 4.88. The summed E-state index contributed by atoms with van der Waals surface area (Å²) in [7, 11) is 0. The number of aromatic nitrogens is 3. The average Bonchev–Trinajstić information content (AvgIpc) is 2.87. The summed E-state index contributed by atoms with van der Waals surface area (Å²) in [5, 5.41) is 4.44. The van der Waals surface area contributed by atoms with Crippen molar-refractivity contribution in [1.29, 1.82) is 0 Å². The highest BCUT2D eigenvalue weighted by Crippen LogP contribution is 2.26. The van der Waals surface area contributed by atoms with E-state index < -0.39 is 0 Å². The molecular weight excluding hydrogens is 304 g/mol. The summed E-state index contributed by atoms with van der Waals surface area (Å²) in [5.74, 6) is 2.51. The van der Waals surface area contributed by atoms with E-state index in [0.29, 0.717) is 6.10 Å². The fourth-order valence-electron chi connectivity index (χ4n) is 3.88. The van der Waals surface area contributed by atoms with Crippen LogP contribution in [-0.4, -0.2) is 64.7 Å². The van der Waals surface area contributed by atoms with Crippen LogP contribution in [0.3, 0.4) is 0 Å². The molecule has 0 amide bonds. The van der Waals surface area contributed by atoms with Gasteiger partial charge in [0.15, 0.2) is 0 Å². The summed E-state index contributed by atoms with van der Waals surface area (Å²) in [4.78, 5) is 6.83. The third kappa shape index (κ3) is 4.77. The van der Waals surface area contributed by atoms with E-state index >= 15 is 0 Å². The van der Waals surface area contributed by atoms with Crippen molar-refractivity contribution < 1.29 is 9.47 Å². The number of aryl methyl sites for hydroxylation is 2. The molecule has 0 unspecified atom stereocenters. The molecule has 2 fully saturated rings. The highest BCUT2D eigenvalue weighted by atomic mass is 16.5. The van der Waals surface area contributed by atoms with Gasteiger partial charge in [-0.3, -0.25) is 4.90 Å². The van der Waals surface area contributed by atoms with Crippen molar-refractivity contribution in [3.8, 4) is 0 Å². The first-order valence-corrected chi connectivity index (χ1v) is 9.45. The standard InChI is InChI=1S/C18H32N4O2/c1-14-6-4-5-7-18(14)24-11-9-21-8-10-23-17(12-21)13-22-16(3)19-15(2)20-22/h14,17-18H,4-13H2,1-3H3/t14-,17+,18-/m1/s1. The zero-order valence-corrected chi connectivity index (χ0v) is 15.4. The van der Waals surface area contributed by atoms with Gasteiger partial charge in [0.2, 0.25) is 0 Å². The van der Waals surface area contributed by atoms with E-state index in [1.54, 1.807) is 0 Å². The van der Waals surface area contributed by atoms with Crippen LogP contribution < -0.4 is 0 Å². The van der Waals surface area contributed by atoms with E-state index in [1.807, 2.05) is 18.5 Å². The van der Waals surface area contributed by atoms with Crippen LogP contribution in [0.4, 0.5) is 0 Å². The molecular formula is C18H32N4O2. The maximum absolute atomic E-state index is 6.16. The molecule has 136 valence electrons. The predicted octanol–water partition coefficient (Wildman–Crippen LogP) is 2.19. The van der Waals surface area contributed by atoms with Crippen LogP contribution >= 0.6 is 0 Å². The number of hydrogen-bond donors (Lipinski definition) is 0. The van der Waals surface area contributed by atoms with Crippen molar-refractivity contribution in [3.63, 3.8) is 0 Å². The van der Waals surface area contributed by atoms with Crippen molar-refractivity contribution >= 4 is 0 Å². The minimum absolute atomic E-state index is 0.187. The second-order valence-electron chi connectivity index (χ2n) is 7.35. The minimum atomic E-state index is 0.187. The quantitative estimate of drug-likeness (QED) is 0.797. The van der Waals surface area contributed by atoms with Gasteiger partial charge in [-0.2, -0.15) is 5.10 Å². The highest BCUT2D eigenvalue weighted by Gasteiger charge is 2.24. The van der Waals surface area contributed by atoms with Gasteiger partial charge in [-0.05, 0) is 32.6 Å². The minimum Gasteiger partial charge on any atom is -0.377 e. The Bertz CT molecular complexity index is 519. The molecule has 1 aliphatic carbocycles. The topological polar surface area (TPSA) is 52.4 Å². The van der Waals surface area contributed by atoms with Crippen LogP contribution in [0.25, 0.3) is 0 Å². The zero-order chi connectivity index (χ0) is 16.9. The molecule has 1 aromatic rings. The number of ether oxygens (including phenoxy) is 2. The first-order chi connectivity index (χ1) is 11.6. The van der Waals surface area contributed by atoms with Crippen LogP contribution in [0.2, 0.25) is 0 Å². The third-order valence-electron chi connectivity index (χ3n) is 5.33. The predicted molar refractivity (Wildman–Crippen MR) is 93.0 cm³/mol. The van der Waals surface area contributed by atoms with Crippen LogP contribution in [0.5, 0.6) is 0 Å². The Morgan fingerprint density at radius 1 is 1.25 bits per heavy atom. The van der Waals surface area contributed by atoms with Crippen LogP contribution in [0, 0.1) is 19.8 Å². The Kier molecular flexibility index (Phi) is 6.25. The van der Waals surface area contributed by atoms with Gasteiger partial charge in [-0.25, -0.2) is 9.67 Å². The first-order valence-electron chi connectivity index (χ1n) is 9.45. The SMILES string of the molecule is Cc1nc(C)n(C[C@@H]2CN(CCO[C@@H]3CCCC[C@H]3C)CCO2)n1. The van der Waals surface area contributed by atoms with Crippen molar-refractivity contribution in [2.45, 2.75) is 65.2 Å². The number of nitrogens with zero attached hydrogens (tertiary/aromatic N) is 4. The van der Waals surface area contributed by atoms with Crippen molar-refractivity contribution in [2.75, 3.05) is 32.8 Å². The van der Waals surface area contributed by atoms with Gasteiger partial charge in [0.25, 0.3) is 0 Å². The molecule has 2 aliphatic rings.